The van der Waals surface area contributed by atoms with E-state index in [1.807, 2.05) is 0 Å². The van der Waals surface area contributed by atoms with Crippen molar-refractivity contribution in [1.29, 1.82) is 0 Å². The minimum atomic E-state index is 0. The van der Waals surface area contributed by atoms with Gasteiger partial charge in [0.2, 0.25) is 0 Å². The SMILES string of the molecule is [Fe+3].[K+].[Mn+2].[O-2].[O-2].[O-2]. The van der Waals surface area contributed by atoms with Gasteiger partial charge in [-0.25, -0.2) is 0 Å². The minimum absolute atomic E-state index is 0. The molecule has 0 rings (SSSR count). The van der Waals surface area contributed by atoms with Crippen LogP contribution in [0.4, 0.5) is 0 Å². The average Bonchev–Trinajstić information content (AvgIpc) is 0. The van der Waals surface area contributed by atoms with Crippen LogP contribution in [0.25, 0.3) is 0 Å². The van der Waals surface area contributed by atoms with E-state index < -0.39 is 0 Å². The Labute approximate surface area is 99.9 Å². The van der Waals surface area contributed by atoms with Gasteiger partial charge in [-0.05, 0) is 0 Å². The minimum Gasteiger partial charge on any atom is -2.00 e. The molecule has 0 saturated heterocycles. The largest absolute Gasteiger partial charge is 3.00 e. The summed E-state index contributed by atoms with van der Waals surface area (Å²) in [6.07, 6.45) is 0. The van der Waals surface area contributed by atoms with Crippen LogP contribution in [0.5, 0.6) is 0 Å². The fourth-order valence-corrected chi connectivity index (χ4v) is 0. The van der Waals surface area contributed by atoms with Gasteiger partial charge < -0.3 is 16.4 Å². The number of rotatable bonds is 0. The summed E-state index contributed by atoms with van der Waals surface area (Å²) in [6, 6.07) is 0. The summed E-state index contributed by atoms with van der Waals surface area (Å²) in [5, 5.41) is 0. The average molecular weight is 198 g/mol. The van der Waals surface area contributed by atoms with Gasteiger partial charge >= 0.3 is 85.5 Å². The molecule has 6 heavy (non-hydrogen) atoms. The first-order valence-electron chi connectivity index (χ1n) is 0. The van der Waals surface area contributed by atoms with Crippen molar-refractivity contribution in [3.05, 3.63) is 0 Å². The fourth-order valence-electron chi connectivity index (χ4n) is 0. The van der Waals surface area contributed by atoms with Gasteiger partial charge in [-0.3, -0.25) is 0 Å². The molecule has 6 heteroatoms. The zero-order valence-corrected chi connectivity index (χ0v) is 8.36. The molecule has 34 valence electrons. The van der Waals surface area contributed by atoms with E-state index in [0.717, 1.165) is 0 Å². The maximum atomic E-state index is 0. The van der Waals surface area contributed by atoms with E-state index in [-0.39, 0.29) is 102 Å². The van der Waals surface area contributed by atoms with Crippen molar-refractivity contribution in [2.24, 2.45) is 0 Å². The standard InChI is InChI=1S/Fe.K.Mn.3O/q+3;+1;+2;3*-2. The van der Waals surface area contributed by atoms with Crippen LogP contribution >= 0.6 is 0 Å². The zero-order valence-electron chi connectivity index (χ0n) is 2.96. The first kappa shape index (κ1) is 74.8. The van der Waals surface area contributed by atoms with Crippen LogP contribution in [0.3, 0.4) is 0 Å². The van der Waals surface area contributed by atoms with E-state index in [1.165, 1.54) is 0 Å². The Morgan fingerprint density at radius 3 is 0.667 bits per heavy atom. The van der Waals surface area contributed by atoms with Crippen LogP contribution in [0, 0.1) is 0 Å². The summed E-state index contributed by atoms with van der Waals surface area (Å²) in [5.41, 5.74) is 0. The van der Waals surface area contributed by atoms with Crippen molar-refractivity contribution in [2.45, 2.75) is 0 Å². The summed E-state index contributed by atoms with van der Waals surface area (Å²) in [6.45, 7) is 0. The number of hydrogen-bond donors (Lipinski definition) is 0. The van der Waals surface area contributed by atoms with Crippen molar-refractivity contribution in [2.75, 3.05) is 0 Å². The molecule has 0 saturated carbocycles. The van der Waals surface area contributed by atoms with Crippen LogP contribution < -0.4 is 51.4 Å². The van der Waals surface area contributed by atoms with Crippen LogP contribution in [-0.4, -0.2) is 0 Å². The molecular formula is FeKMnO3. The van der Waals surface area contributed by atoms with Crippen LogP contribution in [0.2, 0.25) is 0 Å². The molecule has 0 spiro atoms. The van der Waals surface area contributed by atoms with Gasteiger partial charge in [0.15, 0.2) is 0 Å². The second kappa shape index (κ2) is 49.7. The molecule has 0 aliphatic rings. The fraction of sp³-hybridized carbons (Fsp3) is 0. The molecule has 0 bridgehead atoms. The summed E-state index contributed by atoms with van der Waals surface area (Å²) < 4.78 is 0. The van der Waals surface area contributed by atoms with Crippen molar-refractivity contribution in [3.8, 4) is 0 Å². The molecule has 0 aliphatic carbocycles. The molecular weight excluding hydrogens is 198 g/mol. The van der Waals surface area contributed by atoms with Gasteiger partial charge in [0.05, 0.1) is 0 Å². The van der Waals surface area contributed by atoms with Gasteiger partial charge in [-0.1, -0.05) is 0 Å². The molecule has 0 aromatic carbocycles. The molecule has 0 unspecified atom stereocenters. The van der Waals surface area contributed by atoms with Crippen molar-refractivity contribution >= 4 is 0 Å². The molecule has 0 aromatic heterocycles. The van der Waals surface area contributed by atoms with Crippen molar-refractivity contribution in [1.82, 2.24) is 0 Å². The second-order valence-corrected chi connectivity index (χ2v) is 0. The predicted molar refractivity (Wildman–Crippen MR) is 2.06 cm³/mol. The molecule has 0 fully saturated rings. The second-order valence-electron chi connectivity index (χ2n) is 0. The Hall–Kier alpha value is 2.56. The Balaban J connectivity index is 0. The van der Waals surface area contributed by atoms with E-state index in [2.05, 4.69) is 0 Å². The molecule has 0 amide bonds. The third-order valence-corrected chi connectivity index (χ3v) is 0. The summed E-state index contributed by atoms with van der Waals surface area (Å²) in [5.74, 6) is 0. The van der Waals surface area contributed by atoms with E-state index in [1.54, 1.807) is 0 Å². The molecule has 0 aliphatic heterocycles. The van der Waals surface area contributed by atoms with Crippen LogP contribution in [-0.2, 0) is 50.6 Å². The Kier molecular flexibility index (Phi) is 620. The third-order valence-electron chi connectivity index (χ3n) is 0. The summed E-state index contributed by atoms with van der Waals surface area (Å²) in [7, 11) is 0. The normalized spacial score (nSPS) is 0. The van der Waals surface area contributed by atoms with E-state index in [0.29, 0.717) is 0 Å². The Bertz CT molecular complexity index is 10.8. The smallest absolute Gasteiger partial charge is 2.00 e. The summed E-state index contributed by atoms with van der Waals surface area (Å²) >= 11 is 0. The van der Waals surface area contributed by atoms with E-state index in [9.17, 15) is 0 Å². The van der Waals surface area contributed by atoms with Crippen LogP contribution in [0.15, 0.2) is 0 Å². The molecule has 2 radical (unpaired) electrons. The first-order valence-corrected chi connectivity index (χ1v) is 0. The van der Waals surface area contributed by atoms with Crippen molar-refractivity contribution < 1.29 is 102 Å². The van der Waals surface area contributed by atoms with Gasteiger partial charge in [-0.15, -0.1) is 0 Å². The maximum Gasteiger partial charge on any atom is 3.00 e. The van der Waals surface area contributed by atoms with Crippen molar-refractivity contribution in [3.63, 3.8) is 0 Å². The maximum absolute atomic E-state index is 0. The monoisotopic (exact) mass is 198 g/mol. The van der Waals surface area contributed by atoms with E-state index >= 15 is 0 Å². The topological polar surface area (TPSA) is 85.5 Å². The van der Waals surface area contributed by atoms with Crippen LogP contribution in [0.1, 0.15) is 0 Å². The van der Waals surface area contributed by atoms with Gasteiger partial charge in [0.1, 0.15) is 0 Å². The van der Waals surface area contributed by atoms with Gasteiger partial charge in [0.25, 0.3) is 0 Å². The Morgan fingerprint density at radius 2 is 0.667 bits per heavy atom. The zero-order chi connectivity index (χ0) is 0. The first-order chi connectivity index (χ1) is 0. The van der Waals surface area contributed by atoms with Gasteiger partial charge in [0, 0.05) is 0 Å². The third kappa shape index (κ3) is 31.0. The predicted octanol–water partition coefficient (Wildman–Crippen LogP) is -3.36. The van der Waals surface area contributed by atoms with E-state index in [4.69, 9.17) is 0 Å². The number of hydrogen-bond acceptors (Lipinski definition) is 0. The quantitative estimate of drug-likeness (QED) is 0.364. The Morgan fingerprint density at radius 1 is 0.667 bits per heavy atom. The van der Waals surface area contributed by atoms with Gasteiger partial charge in [-0.2, -0.15) is 0 Å². The molecule has 0 aromatic rings. The molecule has 3 nitrogen and oxygen atoms in total. The summed E-state index contributed by atoms with van der Waals surface area (Å²) in [4.78, 5) is 0. The molecule has 0 heterocycles. The molecule has 0 N–H and O–H groups in total. The molecule has 0 atom stereocenters.